The molecule has 15 heavy (non-hydrogen) atoms. The van der Waals surface area contributed by atoms with E-state index in [0.717, 1.165) is 12.8 Å². The molecule has 80 valence electrons. The fourth-order valence-electron chi connectivity index (χ4n) is 2.85. The van der Waals surface area contributed by atoms with Crippen molar-refractivity contribution in [2.75, 3.05) is 0 Å². The fraction of sp³-hybridized carbons (Fsp3) is 0.583. The van der Waals surface area contributed by atoms with E-state index in [-0.39, 0.29) is 12.1 Å². The van der Waals surface area contributed by atoms with E-state index >= 15 is 0 Å². The van der Waals surface area contributed by atoms with Crippen LogP contribution >= 0.6 is 0 Å². The molecule has 0 amide bonds. The summed E-state index contributed by atoms with van der Waals surface area (Å²) in [7, 11) is 0. The first-order valence-corrected chi connectivity index (χ1v) is 5.73. The Kier molecular flexibility index (Phi) is 1.96. The fourth-order valence-corrected chi connectivity index (χ4v) is 2.85. The molecule has 2 unspecified atom stereocenters. The molecule has 0 aromatic carbocycles. The Balaban J connectivity index is 2.18. The van der Waals surface area contributed by atoms with Gasteiger partial charge in [0.05, 0.1) is 17.8 Å². The van der Waals surface area contributed by atoms with E-state index in [4.69, 9.17) is 0 Å². The van der Waals surface area contributed by atoms with E-state index in [0.29, 0.717) is 0 Å². The number of hydrogen-bond acceptors (Lipinski definition) is 2. The summed E-state index contributed by atoms with van der Waals surface area (Å²) in [5, 5.41) is 14.5. The lowest BCUT2D eigenvalue weighted by Crippen LogP contribution is -2.31. The summed E-state index contributed by atoms with van der Waals surface area (Å²) in [6.07, 6.45) is 6.13. The van der Waals surface area contributed by atoms with Crippen molar-refractivity contribution in [1.29, 1.82) is 0 Å². The van der Waals surface area contributed by atoms with Gasteiger partial charge < -0.3 is 5.11 Å². The van der Waals surface area contributed by atoms with Gasteiger partial charge in [0, 0.05) is 6.20 Å². The highest BCUT2D eigenvalue weighted by atomic mass is 16.3. The first kappa shape index (κ1) is 9.16. The number of rotatable bonds is 0. The second-order valence-electron chi connectivity index (χ2n) is 4.56. The molecule has 1 aromatic rings. The summed E-state index contributed by atoms with van der Waals surface area (Å²) >= 11 is 0. The molecule has 3 nitrogen and oxygen atoms in total. The molecule has 1 aliphatic carbocycles. The van der Waals surface area contributed by atoms with Crippen LogP contribution in [0.5, 0.6) is 0 Å². The number of fused-ring (bicyclic) bond motifs is 2. The molecule has 3 rings (SSSR count). The van der Waals surface area contributed by atoms with Gasteiger partial charge in [-0.15, -0.1) is 0 Å². The van der Waals surface area contributed by atoms with Gasteiger partial charge in [0.1, 0.15) is 0 Å². The summed E-state index contributed by atoms with van der Waals surface area (Å²) in [6.45, 7) is 2.04. The summed E-state index contributed by atoms with van der Waals surface area (Å²) in [6, 6.07) is 2.16. The van der Waals surface area contributed by atoms with Crippen molar-refractivity contribution < 1.29 is 5.11 Å². The summed E-state index contributed by atoms with van der Waals surface area (Å²) in [5.41, 5.74) is 3.84. The van der Waals surface area contributed by atoms with Crippen LogP contribution in [0.2, 0.25) is 0 Å². The lowest BCUT2D eigenvalue weighted by molar-refractivity contribution is 0.137. The molecule has 0 saturated carbocycles. The van der Waals surface area contributed by atoms with Gasteiger partial charge >= 0.3 is 0 Å². The molecule has 2 atom stereocenters. The van der Waals surface area contributed by atoms with Crippen LogP contribution in [-0.4, -0.2) is 21.0 Å². The normalized spacial score (nSPS) is 30.0. The van der Waals surface area contributed by atoms with Gasteiger partial charge in [-0.3, -0.25) is 4.68 Å². The molecule has 1 N–H and O–H groups in total. The lowest BCUT2D eigenvalue weighted by Gasteiger charge is -2.34. The molecule has 2 heterocycles. The van der Waals surface area contributed by atoms with Crippen LogP contribution in [0.15, 0.2) is 17.8 Å². The van der Waals surface area contributed by atoms with E-state index < -0.39 is 0 Å². The number of aliphatic hydroxyl groups is 1. The minimum atomic E-state index is -0.326. The molecule has 0 bridgehead atoms. The number of hydrogen-bond donors (Lipinski definition) is 1. The molecule has 1 aromatic heterocycles. The summed E-state index contributed by atoms with van der Waals surface area (Å²) in [4.78, 5) is 0. The van der Waals surface area contributed by atoms with Crippen LogP contribution in [0, 0.1) is 0 Å². The van der Waals surface area contributed by atoms with Gasteiger partial charge in [0.2, 0.25) is 0 Å². The van der Waals surface area contributed by atoms with Crippen LogP contribution < -0.4 is 0 Å². The molecule has 0 fully saturated rings. The predicted molar refractivity (Wildman–Crippen MR) is 58.3 cm³/mol. The third-order valence-electron chi connectivity index (χ3n) is 3.69. The highest BCUT2D eigenvalue weighted by Crippen LogP contribution is 2.40. The third kappa shape index (κ3) is 1.19. The maximum Gasteiger partial charge on any atom is 0.0978 e. The van der Waals surface area contributed by atoms with Crippen molar-refractivity contribution in [2.45, 2.75) is 44.8 Å². The first-order chi connectivity index (χ1) is 7.29. The predicted octanol–water partition coefficient (Wildman–Crippen LogP) is 2.15. The Morgan fingerprint density at radius 3 is 3.07 bits per heavy atom. The van der Waals surface area contributed by atoms with Crippen molar-refractivity contribution in [3.63, 3.8) is 0 Å². The van der Waals surface area contributed by atoms with Crippen molar-refractivity contribution in [3.05, 3.63) is 23.5 Å². The van der Waals surface area contributed by atoms with Gasteiger partial charge in [-0.05, 0) is 49.8 Å². The molecule has 1 aliphatic heterocycles. The highest BCUT2D eigenvalue weighted by Gasteiger charge is 2.32. The molecule has 3 heteroatoms. The Morgan fingerprint density at radius 2 is 2.20 bits per heavy atom. The standard InChI is InChI=1S/C12H16N2O/c1-8-12(15)10-5-3-2-4-9(10)11-6-7-13-14(8)11/h6-8,12,15H,2-5H2,1H3. The van der Waals surface area contributed by atoms with E-state index in [2.05, 4.69) is 11.2 Å². The maximum absolute atomic E-state index is 10.2. The van der Waals surface area contributed by atoms with E-state index in [9.17, 15) is 5.11 Å². The van der Waals surface area contributed by atoms with Crippen LogP contribution in [0.4, 0.5) is 0 Å². The Hall–Kier alpha value is -1.09. The molecule has 0 radical (unpaired) electrons. The molecular weight excluding hydrogens is 188 g/mol. The van der Waals surface area contributed by atoms with Gasteiger partial charge in [-0.2, -0.15) is 5.10 Å². The minimum Gasteiger partial charge on any atom is -0.387 e. The van der Waals surface area contributed by atoms with Crippen molar-refractivity contribution in [3.8, 4) is 0 Å². The highest BCUT2D eigenvalue weighted by molar-refractivity contribution is 5.69. The average molecular weight is 204 g/mol. The Bertz CT molecular complexity index is 419. The van der Waals surface area contributed by atoms with E-state index in [1.807, 2.05) is 17.8 Å². The zero-order chi connectivity index (χ0) is 10.4. The number of allylic oxidation sites excluding steroid dienone is 1. The zero-order valence-corrected chi connectivity index (χ0v) is 8.98. The lowest BCUT2D eigenvalue weighted by atomic mass is 9.82. The number of aromatic nitrogens is 2. The quantitative estimate of drug-likeness (QED) is 0.703. The monoisotopic (exact) mass is 204 g/mol. The van der Waals surface area contributed by atoms with Gasteiger partial charge in [0.25, 0.3) is 0 Å². The number of nitrogens with zero attached hydrogens (tertiary/aromatic N) is 2. The van der Waals surface area contributed by atoms with Gasteiger partial charge in [-0.25, -0.2) is 0 Å². The van der Waals surface area contributed by atoms with Crippen LogP contribution in [-0.2, 0) is 0 Å². The SMILES string of the molecule is CC1C(O)C2=C(CCCC2)c2ccnn21. The number of aliphatic hydroxyl groups excluding tert-OH is 1. The van der Waals surface area contributed by atoms with Crippen molar-refractivity contribution in [1.82, 2.24) is 9.78 Å². The van der Waals surface area contributed by atoms with E-state index in [1.165, 1.54) is 29.7 Å². The smallest absolute Gasteiger partial charge is 0.0978 e. The zero-order valence-electron chi connectivity index (χ0n) is 8.98. The molecule has 0 saturated heterocycles. The minimum absolute atomic E-state index is 0.0897. The van der Waals surface area contributed by atoms with Gasteiger partial charge in [0.15, 0.2) is 0 Å². The van der Waals surface area contributed by atoms with Crippen molar-refractivity contribution in [2.24, 2.45) is 0 Å². The third-order valence-corrected chi connectivity index (χ3v) is 3.69. The maximum atomic E-state index is 10.2. The second-order valence-corrected chi connectivity index (χ2v) is 4.56. The van der Waals surface area contributed by atoms with Crippen LogP contribution in [0.25, 0.3) is 5.57 Å². The summed E-state index contributed by atoms with van der Waals surface area (Å²) in [5.74, 6) is 0. The molecule has 0 spiro atoms. The second kappa shape index (κ2) is 3.20. The molecule has 2 aliphatic rings. The largest absolute Gasteiger partial charge is 0.387 e. The Labute approximate surface area is 89.4 Å². The van der Waals surface area contributed by atoms with Crippen molar-refractivity contribution >= 4 is 5.57 Å². The summed E-state index contributed by atoms with van der Waals surface area (Å²) < 4.78 is 1.97. The topological polar surface area (TPSA) is 38.1 Å². The molecular formula is C12H16N2O. The first-order valence-electron chi connectivity index (χ1n) is 5.73. The van der Waals surface area contributed by atoms with Gasteiger partial charge in [-0.1, -0.05) is 0 Å². The van der Waals surface area contributed by atoms with Crippen LogP contribution in [0.3, 0.4) is 0 Å². The Morgan fingerprint density at radius 1 is 1.40 bits per heavy atom. The average Bonchev–Trinajstić information content (AvgIpc) is 2.75. The van der Waals surface area contributed by atoms with Crippen LogP contribution in [0.1, 0.15) is 44.3 Å². The van der Waals surface area contributed by atoms with E-state index in [1.54, 1.807) is 0 Å².